The van der Waals surface area contributed by atoms with Crippen molar-refractivity contribution in [2.24, 2.45) is 0 Å². The van der Waals surface area contributed by atoms with E-state index in [1.807, 2.05) is 11.3 Å². The van der Waals surface area contributed by atoms with E-state index in [-0.39, 0.29) is 0 Å². The number of quaternary nitrogens is 1. The van der Waals surface area contributed by atoms with Gasteiger partial charge in [-0.2, -0.15) is 0 Å². The summed E-state index contributed by atoms with van der Waals surface area (Å²) in [5.41, 5.74) is 0. The zero-order valence-electron chi connectivity index (χ0n) is 10.1. The van der Waals surface area contributed by atoms with Gasteiger partial charge in [0, 0.05) is 17.9 Å². The van der Waals surface area contributed by atoms with E-state index in [1.165, 1.54) is 20.7 Å². The van der Waals surface area contributed by atoms with E-state index in [9.17, 15) is 0 Å². The van der Waals surface area contributed by atoms with Crippen molar-refractivity contribution in [2.45, 2.75) is 19.3 Å². The smallest absolute Gasteiger partial charge is 0.0831 e. The number of thiophene rings is 1. The Bertz CT molecular complexity index is 312. The Morgan fingerprint density at radius 1 is 1.25 bits per heavy atom. The number of hydrogen-bond donors (Lipinski definition) is 1. The fraction of sp³-hybridized carbons (Fsp3) is 0.667. The number of aliphatic hydroxyl groups is 1. The summed E-state index contributed by atoms with van der Waals surface area (Å²) in [6, 6.07) is 4.42. The van der Waals surface area contributed by atoms with Crippen molar-refractivity contribution in [3.8, 4) is 0 Å². The van der Waals surface area contributed by atoms with Crippen LogP contribution in [0.2, 0.25) is 0 Å². The second-order valence-electron chi connectivity index (χ2n) is 4.77. The molecule has 1 N–H and O–H groups in total. The summed E-state index contributed by atoms with van der Waals surface area (Å²) < 4.78 is 2.42. The van der Waals surface area contributed by atoms with Gasteiger partial charge in [-0.1, -0.05) is 0 Å². The zero-order valence-corrected chi connectivity index (χ0v) is 13.1. The predicted octanol–water partition coefficient (Wildman–Crippen LogP) is 2.74. The van der Waals surface area contributed by atoms with E-state index in [1.54, 1.807) is 0 Å². The van der Waals surface area contributed by atoms with Gasteiger partial charge in [-0.3, -0.25) is 0 Å². The normalized spacial score (nSPS) is 12.0. The largest absolute Gasteiger partial charge is 0.396 e. The molecule has 0 saturated carbocycles. The van der Waals surface area contributed by atoms with Crippen LogP contribution in [0.25, 0.3) is 0 Å². The number of rotatable bonds is 7. The van der Waals surface area contributed by atoms with Crippen LogP contribution in [0, 0.1) is 2.88 Å². The van der Waals surface area contributed by atoms with Crippen molar-refractivity contribution < 1.29 is 9.59 Å². The SMILES string of the molecule is C[N+](C)(CCCCO)CCc1ccc(I)s1. The molecule has 92 valence electrons. The molecule has 0 aliphatic heterocycles. The minimum Gasteiger partial charge on any atom is -0.396 e. The van der Waals surface area contributed by atoms with E-state index in [0.717, 1.165) is 23.9 Å². The number of aliphatic hydroxyl groups excluding tert-OH is 1. The van der Waals surface area contributed by atoms with E-state index < -0.39 is 0 Å². The molecule has 1 rings (SSSR count). The highest BCUT2D eigenvalue weighted by Gasteiger charge is 2.14. The van der Waals surface area contributed by atoms with Crippen LogP contribution in [0.1, 0.15) is 17.7 Å². The van der Waals surface area contributed by atoms with Gasteiger partial charge in [0.25, 0.3) is 0 Å². The van der Waals surface area contributed by atoms with Crippen molar-refractivity contribution in [3.05, 3.63) is 19.9 Å². The molecule has 0 aliphatic rings. The maximum absolute atomic E-state index is 8.77. The molecule has 0 spiro atoms. The average Bonchev–Trinajstić information content (AvgIpc) is 2.62. The molecule has 16 heavy (non-hydrogen) atoms. The van der Waals surface area contributed by atoms with Crippen LogP contribution >= 0.6 is 33.9 Å². The first-order valence-electron chi connectivity index (χ1n) is 5.70. The summed E-state index contributed by atoms with van der Waals surface area (Å²) in [5.74, 6) is 0. The van der Waals surface area contributed by atoms with Crippen LogP contribution in [-0.4, -0.2) is 43.4 Å². The highest BCUT2D eigenvalue weighted by molar-refractivity contribution is 14.1. The third kappa shape index (κ3) is 5.61. The fourth-order valence-corrected chi connectivity index (χ4v) is 3.41. The predicted molar refractivity (Wildman–Crippen MR) is 78.9 cm³/mol. The molecule has 0 fully saturated rings. The van der Waals surface area contributed by atoms with Gasteiger partial charge in [-0.25, -0.2) is 0 Å². The molecule has 1 aromatic rings. The summed E-state index contributed by atoms with van der Waals surface area (Å²) in [7, 11) is 4.55. The number of unbranched alkanes of at least 4 members (excludes halogenated alkanes) is 1. The van der Waals surface area contributed by atoms with E-state index in [4.69, 9.17) is 5.11 Å². The lowest BCUT2D eigenvalue weighted by Crippen LogP contribution is -2.42. The van der Waals surface area contributed by atoms with E-state index >= 15 is 0 Å². The zero-order chi connectivity index (χ0) is 12.0. The summed E-state index contributed by atoms with van der Waals surface area (Å²) >= 11 is 4.27. The Morgan fingerprint density at radius 2 is 2.00 bits per heavy atom. The van der Waals surface area contributed by atoms with Gasteiger partial charge in [0.1, 0.15) is 0 Å². The molecule has 0 unspecified atom stereocenters. The minimum atomic E-state index is 0.323. The van der Waals surface area contributed by atoms with Gasteiger partial charge < -0.3 is 9.59 Å². The Hall–Kier alpha value is 0.350. The summed E-state index contributed by atoms with van der Waals surface area (Å²) in [6.45, 7) is 2.66. The molecule has 1 heterocycles. The van der Waals surface area contributed by atoms with Crippen LogP contribution in [0.5, 0.6) is 0 Å². The van der Waals surface area contributed by atoms with E-state index in [2.05, 4.69) is 48.8 Å². The molecule has 0 atom stereocenters. The van der Waals surface area contributed by atoms with Crippen molar-refractivity contribution in [2.75, 3.05) is 33.8 Å². The third-order valence-electron chi connectivity index (χ3n) is 2.76. The molecule has 0 amide bonds. The molecule has 0 bridgehead atoms. The number of nitrogens with zero attached hydrogens (tertiary/aromatic N) is 1. The summed E-state index contributed by atoms with van der Waals surface area (Å²) in [6.07, 6.45) is 3.21. The van der Waals surface area contributed by atoms with Crippen LogP contribution in [-0.2, 0) is 6.42 Å². The first-order chi connectivity index (χ1) is 7.53. The van der Waals surface area contributed by atoms with Crippen LogP contribution < -0.4 is 0 Å². The third-order valence-corrected chi connectivity index (χ3v) is 4.72. The monoisotopic (exact) mass is 354 g/mol. The maximum atomic E-state index is 8.77. The lowest BCUT2D eigenvalue weighted by atomic mass is 10.2. The molecule has 4 heteroatoms. The van der Waals surface area contributed by atoms with Crippen molar-refractivity contribution in [3.63, 3.8) is 0 Å². The van der Waals surface area contributed by atoms with Crippen LogP contribution in [0.15, 0.2) is 12.1 Å². The van der Waals surface area contributed by atoms with Gasteiger partial charge in [-0.05, 0) is 47.6 Å². The highest BCUT2D eigenvalue weighted by atomic mass is 127. The van der Waals surface area contributed by atoms with Gasteiger partial charge in [0.05, 0.1) is 30.1 Å². The van der Waals surface area contributed by atoms with Crippen LogP contribution in [0.4, 0.5) is 0 Å². The van der Waals surface area contributed by atoms with Crippen molar-refractivity contribution in [1.82, 2.24) is 0 Å². The molecule has 2 nitrogen and oxygen atoms in total. The molecule has 1 aromatic heterocycles. The van der Waals surface area contributed by atoms with Gasteiger partial charge >= 0.3 is 0 Å². The Kier molecular flexibility index (Phi) is 6.25. The molecule has 0 saturated heterocycles. The van der Waals surface area contributed by atoms with Crippen molar-refractivity contribution >= 4 is 33.9 Å². The molecular formula is C12H21INOS+. The summed E-state index contributed by atoms with van der Waals surface area (Å²) in [4.78, 5) is 1.48. The maximum Gasteiger partial charge on any atom is 0.0831 e. The topological polar surface area (TPSA) is 20.2 Å². The van der Waals surface area contributed by atoms with Gasteiger partial charge in [0.2, 0.25) is 0 Å². The lowest BCUT2D eigenvalue weighted by Gasteiger charge is -2.29. The number of hydrogen-bond acceptors (Lipinski definition) is 2. The summed E-state index contributed by atoms with van der Waals surface area (Å²) in [5, 5.41) is 8.77. The van der Waals surface area contributed by atoms with E-state index in [0.29, 0.717) is 6.61 Å². The fourth-order valence-electron chi connectivity index (χ4n) is 1.66. The van der Waals surface area contributed by atoms with Crippen molar-refractivity contribution in [1.29, 1.82) is 0 Å². The Labute approximate surface area is 116 Å². The number of likely N-dealkylation sites (N-methyl/N-ethyl adjacent to an activating group) is 1. The van der Waals surface area contributed by atoms with Crippen LogP contribution in [0.3, 0.4) is 0 Å². The standard InChI is InChI=1S/C12H21INOS/c1-14(2,8-3-4-10-15)9-7-11-5-6-12(13)16-11/h5-6,15H,3-4,7-10H2,1-2H3/q+1. The van der Waals surface area contributed by atoms with Gasteiger partial charge in [-0.15, -0.1) is 11.3 Å². The van der Waals surface area contributed by atoms with Gasteiger partial charge in [0.15, 0.2) is 0 Å². The highest BCUT2D eigenvalue weighted by Crippen LogP contribution is 2.19. The Morgan fingerprint density at radius 3 is 2.56 bits per heavy atom. The first-order valence-corrected chi connectivity index (χ1v) is 7.60. The Balaban J connectivity index is 2.29. The second kappa shape index (κ2) is 6.93. The molecule has 0 aromatic carbocycles. The first kappa shape index (κ1) is 14.4. The molecule has 0 radical (unpaired) electrons. The second-order valence-corrected chi connectivity index (χ2v) is 7.83. The minimum absolute atomic E-state index is 0.323. The molecule has 0 aliphatic carbocycles. The number of halogens is 1. The quantitative estimate of drug-likeness (QED) is 0.454. The lowest BCUT2D eigenvalue weighted by molar-refractivity contribution is -0.890. The molecular weight excluding hydrogens is 333 g/mol. The average molecular weight is 354 g/mol.